The van der Waals surface area contributed by atoms with E-state index < -0.39 is 0 Å². The zero-order valence-corrected chi connectivity index (χ0v) is 9.89. The summed E-state index contributed by atoms with van der Waals surface area (Å²) in [6.07, 6.45) is 7.12. The van der Waals surface area contributed by atoms with Gasteiger partial charge in [0.15, 0.2) is 0 Å². The van der Waals surface area contributed by atoms with Crippen molar-refractivity contribution in [1.29, 1.82) is 0 Å². The van der Waals surface area contributed by atoms with Crippen LogP contribution in [-0.4, -0.2) is 12.6 Å². The van der Waals surface area contributed by atoms with E-state index in [9.17, 15) is 0 Å². The third-order valence-corrected chi connectivity index (χ3v) is 3.43. The van der Waals surface area contributed by atoms with Crippen molar-refractivity contribution in [3.8, 4) is 0 Å². The van der Waals surface area contributed by atoms with E-state index in [0.29, 0.717) is 6.04 Å². The van der Waals surface area contributed by atoms with Crippen LogP contribution in [0.5, 0.6) is 0 Å². The average molecular weight is 223 g/mol. The van der Waals surface area contributed by atoms with E-state index in [1.54, 1.807) is 0 Å². The fourth-order valence-corrected chi connectivity index (χ4v) is 2.49. The smallest absolute Gasteiger partial charge is 0.0253 e. The molecule has 1 fully saturated rings. The highest BCUT2D eigenvalue weighted by atomic mass is 14.9. The second-order valence-electron chi connectivity index (χ2n) is 4.63. The standard InChI is InChI=1S/C16H17N/c1-2-9-16-13(5-1)6-3-7-14(16)10-11-15-8-4-12-17-15/h1-3,5-7,9-11,15,17H,4,8,12H2/b11-10+/t15-/m1/s1. The molecule has 0 aliphatic carbocycles. The molecule has 1 saturated heterocycles. The van der Waals surface area contributed by atoms with Crippen LogP contribution >= 0.6 is 0 Å². The SMILES string of the molecule is C(=C\[C@H]1CCCN1)/c1cccc2ccccc12. The molecule has 1 N–H and O–H groups in total. The molecular weight excluding hydrogens is 206 g/mol. The molecule has 2 aromatic carbocycles. The molecule has 86 valence electrons. The van der Waals surface area contributed by atoms with E-state index in [2.05, 4.69) is 59.9 Å². The lowest BCUT2D eigenvalue weighted by Crippen LogP contribution is -2.17. The number of nitrogens with one attached hydrogen (secondary N) is 1. The fraction of sp³-hybridized carbons (Fsp3) is 0.250. The van der Waals surface area contributed by atoms with Gasteiger partial charge in [0.25, 0.3) is 0 Å². The summed E-state index contributed by atoms with van der Waals surface area (Å²) in [7, 11) is 0. The van der Waals surface area contributed by atoms with Crippen LogP contribution in [0.2, 0.25) is 0 Å². The van der Waals surface area contributed by atoms with E-state index >= 15 is 0 Å². The van der Waals surface area contributed by atoms with Gasteiger partial charge in [0, 0.05) is 6.04 Å². The molecule has 0 radical (unpaired) electrons. The topological polar surface area (TPSA) is 12.0 Å². The summed E-state index contributed by atoms with van der Waals surface area (Å²) in [6, 6.07) is 15.6. The van der Waals surface area contributed by atoms with Crippen LogP contribution in [0.4, 0.5) is 0 Å². The van der Waals surface area contributed by atoms with Crippen LogP contribution in [0.1, 0.15) is 18.4 Å². The van der Waals surface area contributed by atoms with Gasteiger partial charge >= 0.3 is 0 Å². The molecule has 1 aliphatic heterocycles. The van der Waals surface area contributed by atoms with E-state index in [-0.39, 0.29) is 0 Å². The lowest BCUT2D eigenvalue weighted by atomic mass is 10.0. The van der Waals surface area contributed by atoms with Gasteiger partial charge in [-0.15, -0.1) is 0 Å². The lowest BCUT2D eigenvalue weighted by Gasteiger charge is -2.04. The van der Waals surface area contributed by atoms with Gasteiger partial charge in [-0.2, -0.15) is 0 Å². The van der Waals surface area contributed by atoms with Crippen molar-refractivity contribution >= 4 is 16.8 Å². The molecule has 17 heavy (non-hydrogen) atoms. The summed E-state index contributed by atoms with van der Waals surface area (Å²) in [6.45, 7) is 1.16. The Morgan fingerprint density at radius 2 is 1.94 bits per heavy atom. The van der Waals surface area contributed by atoms with Crippen molar-refractivity contribution in [1.82, 2.24) is 5.32 Å². The first-order valence-corrected chi connectivity index (χ1v) is 6.33. The first kappa shape index (κ1) is 10.5. The molecule has 2 aromatic rings. The predicted molar refractivity (Wildman–Crippen MR) is 74.0 cm³/mol. The Labute approximate surface area is 102 Å². The minimum atomic E-state index is 0.564. The number of benzene rings is 2. The zero-order valence-electron chi connectivity index (χ0n) is 9.89. The molecular formula is C16H17N. The maximum Gasteiger partial charge on any atom is 0.0253 e. The van der Waals surface area contributed by atoms with Gasteiger partial charge in [0.2, 0.25) is 0 Å². The molecule has 3 rings (SSSR count). The van der Waals surface area contributed by atoms with Gasteiger partial charge in [-0.3, -0.25) is 0 Å². The number of hydrogen-bond acceptors (Lipinski definition) is 1. The quantitative estimate of drug-likeness (QED) is 0.820. The maximum absolute atomic E-state index is 3.49. The molecule has 0 bridgehead atoms. The van der Waals surface area contributed by atoms with Crippen LogP contribution in [0.3, 0.4) is 0 Å². The lowest BCUT2D eigenvalue weighted by molar-refractivity contribution is 0.730. The Hall–Kier alpha value is -1.60. The molecule has 1 heteroatoms. The Bertz CT molecular complexity index is 531. The largest absolute Gasteiger partial charge is 0.311 e. The Balaban J connectivity index is 1.94. The Kier molecular flexibility index (Phi) is 2.93. The summed E-state index contributed by atoms with van der Waals surface area (Å²) in [5.41, 5.74) is 1.32. The monoisotopic (exact) mass is 223 g/mol. The van der Waals surface area contributed by atoms with Crippen molar-refractivity contribution < 1.29 is 0 Å². The third kappa shape index (κ3) is 2.25. The van der Waals surface area contributed by atoms with Gasteiger partial charge in [-0.1, -0.05) is 54.6 Å². The molecule has 1 aliphatic rings. The minimum absolute atomic E-state index is 0.564. The van der Waals surface area contributed by atoms with Gasteiger partial charge in [0.1, 0.15) is 0 Å². The number of rotatable bonds is 2. The van der Waals surface area contributed by atoms with Gasteiger partial charge in [-0.25, -0.2) is 0 Å². The highest BCUT2D eigenvalue weighted by Crippen LogP contribution is 2.20. The second-order valence-corrected chi connectivity index (χ2v) is 4.63. The van der Waals surface area contributed by atoms with Gasteiger partial charge in [0.05, 0.1) is 0 Å². The molecule has 1 heterocycles. The highest BCUT2D eigenvalue weighted by molar-refractivity contribution is 5.90. The molecule has 1 atom stereocenters. The van der Waals surface area contributed by atoms with Crippen LogP contribution in [0, 0.1) is 0 Å². The fourth-order valence-electron chi connectivity index (χ4n) is 2.49. The first-order valence-electron chi connectivity index (χ1n) is 6.33. The van der Waals surface area contributed by atoms with Crippen LogP contribution in [-0.2, 0) is 0 Å². The van der Waals surface area contributed by atoms with Crippen LogP contribution in [0.15, 0.2) is 48.5 Å². The van der Waals surface area contributed by atoms with Crippen molar-refractivity contribution in [2.45, 2.75) is 18.9 Å². The maximum atomic E-state index is 3.49. The predicted octanol–water partition coefficient (Wildman–Crippen LogP) is 3.61. The zero-order chi connectivity index (χ0) is 11.5. The Morgan fingerprint density at radius 3 is 2.82 bits per heavy atom. The summed E-state index contributed by atoms with van der Waals surface area (Å²) in [5.74, 6) is 0. The van der Waals surface area contributed by atoms with Crippen LogP contribution in [0.25, 0.3) is 16.8 Å². The molecule has 0 aromatic heterocycles. The average Bonchev–Trinajstić information content (AvgIpc) is 2.89. The summed E-state index contributed by atoms with van der Waals surface area (Å²) in [4.78, 5) is 0. The summed E-state index contributed by atoms with van der Waals surface area (Å²) >= 11 is 0. The second kappa shape index (κ2) is 4.72. The van der Waals surface area contributed by atoms with Gasteiger partial charge in [-0.05, 0) is 35.7 Å². The molecule has 1 nitrogen and oxygen atoms in total. The molecule has 0 unspecified atom stereocenters. The minimum Gasteiger partial charge on any atom is -0.311 e. The van der Waals surface area contributed by atoms with E-state index in [1.165, 1.54) is 29.2 Å². The normalized spacial score (nSPS) is 20.4. The number of hydrogen-bond donors (Lipinski definition) is 1. The third-order valence-electron chi connectivity index (χ3n) is 3.43. The first-order chi connectivity index (χ1) is 8.43. The van der Waals surface area contributed by atoms with E-state index in [4.69, 9.17) is 0 Å². The highest BCUT2D eigenvalue weighted by Gasteiger charge is 2.09. The van der Waals surface area contributed by atoms with Crippen molar-refractivity contribution in [2.24, 2.45) is 0 Å². The molecule has 0 saturated carbocycles. The van der Waals surface area contributed by atoms with Gasteiger partial charge < -0.3 is 5.32 Å². The molecule has 0 amide bonds. The molecule has 0 spiro atoms. The Morgan fingerprint density at radius 1 is 1.06 bits per heavy atom. The summed E-state index contributed by atoms with van der Waals surface area (Å²) < 4.78 is 0. The number of fused-ring (bicyclic) bond motifs is 1. The van der Waals surface area contributed by atoms with E-state index in [1.807, 2.05) is 0 Å². The van der Waals surface area contributed by atoms with E-state index in [0.717, 1.165) is 6.54 Å². The van der Waals surface area contributed by atoms with Crippen molar-refractivity contribution in [2.75, 3.05) is 6.54 Å². The van der Waals surface area contributed by atoms with Crippen molar-refractivity contribution in [3.05, 3.63) is 54.1 Å². The van der Waals surface area contributed by atoms with Crippen molar-refractivity contribution in [3.63, 3.8) is 0 Å². The summed E-state index contributed by atoms with van der Waals surface area (Å²) in [5, 5.41) is 6.14. The van der Waals surface area contributed by atoms with Crippen LogP contribution < -0.4 is 5.32 Å².